The number of Topliss-reactive ketones (excluding diaryl/α,β-unsaturated/α-hetero) is 1. The lowest BCUT2D eigenvalue weighted by Crippen LogP contribution is -2.31. The van der Waals surface area contributed by atoms with Crippen molar-refractivity contribution < 1.29 is 33.6 Å². The predicted molar refractivity (Wildman–Crippen MR) is 116 cm³/mol. The Bertz CT molecular complexity index is 855. The number of ketones is 1. The van der Waals surface area contributed by atoms with Gasteiger partial charge in [0.1, 0.15) is 11.4 Å². The minimum atomic E-state index is -0.833. The number of carbonyl (C=O) groups is 3. The lowest BCUT2D eigenvalue weighted by molar-refractivity contribution is -0.379. The fourth-order valence-electron chi connectivity index (χ4n) is 2.19. The summed E-state index contributed by atoms with van der Waals surface area (Å²) in [4.78, 5) is 36.1. The molecule has 0 unspecified atom stereocenters. The monoisotopic (exact) mass is 451 g/mol. The highest BCUT2D eigenvalue weighted by Gasteiger charge is 2.12. The van der Waals surface area contributed by atoms with E-state index in [1.54, 1.807) is 30.6 Å². The zero-order valence-electron chi connectivity index (χ0n) is 17.8. The van der Waals surface area contributed by atoms with Crippen LogP contribution in [-0.4, -0.2) is 41.2 Å². The van der Waals surface area contributed by atoms with Crippen LogP contribution in [-0.2, 0) is 26.7 Å². The average Bonchev–Trinajstić information content (AvgIpc) is 2.72. The number of hydrogen-bond acceptors (Lipinski definition) is 5. The van der Waals surface area contributed by atoms with Gasteiger partial charge < -0.3 is 15.2 Å². The molecule has 0 aliphatic rings. The largest absolute Gasteiger partial charge is 0.481 e. The number of aliphatic carboxylic acids is 1. The van der Waals surface area contributed by atoms with E-state index in [4.69, 9.17) is 14.6 Å². The number of hydrogen-bond donors (Lipinski definition) is 2. The highest BCUT2D eigenvalue weighted by Crippen LogP contribution is 2.12. The number of amides is 1. The van der Waals surface area contributed by atoms with E-state index >= 15 is 0 Å². The summed E-state index contributed by atoms with van der Waals surface area (Å²) >= 11 is 1.43. The van der Waals surface area contributed by atoms with E-state index in [0.29, 0.717) is 17.9 Å². The molecular weight excluding hydrogens is 423 g/mol. The fourth-order valence-corrected chi connectivity index (χ4v) is 3.05. The van der Waals surface area contributed by atoms with E-state index in [1.165, 1.54) is 23.9 Å². The van der Waals surface area contributed by atoms with Crippen molar-refractivity contribution >= 4 is 29.4 Å². The number of ether oxygens (including phenoxy) is 1. The van der Waals surface area contributed by atoms with Gasteiger partial charge in [-0.2, -0.15) is 0 Å². The molecule has 0 spiro atoms. The zero-order chi connectivity index (χ0) is 23.2. The second kappa shape index (κ2) is 14.3. The Morgan fingerprint density at radius 1 is 1.16 bits per heavy atom. The van der Waals surface area contributed by atoms with E-state index in [1.807, 2.05) is 13.8 Å². The Kier molecular flexibility index (Phi) is 12.1. The average molecular weight is 452 g/mol. The molecule has 0 fully saturated rings. The molecule has 0 bridgehead atoms. The molecule has 9 heteroatoms. The molecule has 7 nitrogen and oxygen atoms in total. The maximum atomic E-state index is 12.8. The Balaban J connectivity index is 0.00000110. The molecule has 0 radical (unpaired) electrons. The van der Waals surface area contributed by atoms with Gasteiger partial charge in [-0.05, 0) is 37.6 Å². The number of pyridine rings is 1. The molecule has 2 aromatic rings. The van der Waals surface area contributed by atoms with Crippen molar-refractivity contribution in [2.24, 2.45) is 0 Å². The van der Waals surface area contributed by atoms with Gasteiger partial charge in [-0.25, -0.2) is 9.37 Å². The van der Waals surface area contributed by atoms with Crippen LogP contribution in [0.4, 0.5) is 4.39 Å². The van der Waals surface area contributed by atoms with E-state index in [-0.39, 0.29) is 35.9 Å². The van der Waals surface area contributed by atoms with E-state index in [2.05, 4.69) is 10.3 Å². The van der Waals surface area contributed by atoms with Gasteiger partial charge in [0.2, 0.25) is 0 Å². The normalized spacial score (nSPS) is 10.2. The number of halogens is 1. The van der Waals surface area contributed by atoms with Crippen molar-refractivity contribution in [1.82, 2.24) is 5.32 Å². The summed E-state index contributed by atoms with van der Waals surface area (Å²) in [6.07, 6.45) is 3.46. The van der Waals surface area contributed by atoms with Crippen LogP contribution in [0.25, 0.3) is 0 Å². The third kappa shape index (κ3) is 12.5. The van der Waals surface area contributed by atoms with Gasteiger partial charge in [0.05, 0.1) is 25.0 Å². The third-order valence-electron chi connectivity index (χ3n) is 3.59. The summed E-state index contributed by atoms with van der Waals surface area (Å²) in [6, 6.07) is 7.93. The first-order valence-corrected chi connectivity index (χ1v) is 10.8. The van der Waals surface area contributed by atoms with Gasteiger partial charge in [-0.3, -0.25) is 14.4 Å². The van der Waals surface area contributed by atoms with Crippen molar-refractivity contribution in [2.45, 2.75) is 39.2 Å². The maximum absolute atomic E-state index is 12.8. The number of rotatable bonds is 10. The first-order valence-electron chi connectivity index (χ1n) is 9.60. The van der Waals surface area contributed by atoms with Crippen LogP contribution in [0.5, 0.6) is 0 Å². The zero-order valence-corrected chi connectivity index (χ0v) is 18.6. The number of aromatic nitrogens is 1. The van der Waals surface area contributed by atoms with Gasteiger partial charge in [0.15, 0.2) is 18.2 Å². The van der Waals surface area contributed by atoms with Crippen molar-refractivity contribution in [3.63, 3.8) is 0 Å². The maximum Gasteiger partial charge on any atom is 0.300 e. The topological polar surface area (TPSA) is 107 Å². The second-order valence-electron chi connectivity index (χ2n) is 6.85. The molecule has 168 valence electrons. The smallest absolute Gasteiger partial charge is 0.300 e. The van der Waals surface area contributed by atoms with Crippen LogP contribution in [0.1, 0.15) is 42.3 Å². The van der Waals surface area contributed by atoms with Gasteiger partial charge >= 0.3 is 0 Å². The second-order valence-corrected chi connectivity index (χ2v) is 7.83. The molecule has 2 rings (SSSR count). The Hall–Kier alpha value is -2.78. The predicted octanol–water partition coefficient (Wildman–Crippen LogP) is 2.89. The van der Waals surface area contributed by atoms with Crippen LogP contribution in [0.3, 0.4) is 0 Å². The van der Waals surface area contributed by atoms with Crippen LogP contribution in [0, 0.1) is 5.82 Å². The number of thioether (sulfide) groups is 1. The van der Waals surface area contributed by atoms with E-state index in [0.717, 1.165) is 18.1 Å². The molecule has 0 atom stereocenters. The Morgan fingerprint density at radius 2 is 1.81 bits per heavy atom. The summed E-state index contributed by atoms with van der Waals surface area (Å²) in [5, 5.41) is 10.1. The number of carbonyl (C=O) groups excluding carboxylic acids is 2. The molecule has 0 saturated heterocycles. The summed E-state index contributed by atoms with van der Waals surface area (Å²) in [6.45, 7) is 5.36. The lowest BCUT2D eigenvalue weighted by atomic mass is 10.2. The molecule has 1 aromatic carbocycles. The van der Waals surface area contributed by atoms with Gasteiger partial charge in [0.25, 0.3) is 11.9 Å². The molecule has 3 N–H and O–H groups in total. The quantitative estimate of drug-likeness (QED) is 0.575. The summed E-state index contributed by atoms with van der Waals surface area (Å²) in [5.74, 6) is -0.591. The Labute approximate surface area is 185 Å². The van der Waals surface area contributed by atoms with E-state index < -0.39 is 5.97 Å². The summed E-state index contributed by atoms with van der Waals surface area (Å²) in [5.41, 5.74) is 2.26. The molecule has 1 amide bonds. The van der Waals surface area contributed by atoms with Gasteiger partial charge in [-0.15, -0.1) is 11.8 Å². The third-order valence-corrected chi connectivity index (χ3v) is 4.65. The summed E-state index contributed by atoms with van der Waals surface area (Å²) < 4.78 is 18.4. The lowest BCUT2D eigenvalue weighted by Gasteiger charge is -2.07. The van der Waals surface area contributed by atoms with Crippen LogP contribution in [0.2, 0.25) is 0 Å². The number of benzene rings is 1. The highest BCUT2D eigenvalue weighted by molar-refractivity contribution is 7.99. The molecule has 1 heterocycles. The molecule has 0 saturated carbocycles. The first kappa shape index (κ1) is 26.3. The Morgan fingerprint density at radius 3 is 2.42 bits per heavy atom. The van der Waals surface area contributed by atoms with Crippen molar-refractivity contribution in [1.29, 1.82) is 0 Å². The minimum absolute atomic E-state index is 0.0258. The van der Waals surface area contributed by atoms with Crippen molar-refractivity contribution in [3.8, 4) is 0 Å². The fraction of sp³-hybridized carbons (Fsp3) is 0.364. The number of carboxylic acids is 1. The number of H-pyrrole nitrogens is 1. The minimum Gasteiger partial charge on any atom is -0.481 e. The molecule has 1 aromatic heterocycles. The van der Waals surface area contributed by atoms with Crippen LogP contribution < -0.4 is 10.3 Å². The first-order chi connectivity index (χ1) is 14.7. The van der Waals surface area contributed by atoms with Crippen molar-refractivity contribution in [3.05, 3.63) is 65.2 Å². The summed E-state index contributed by atoms with van der Waals surface area (Å²) in [7, 11) is 0. The van der Waals surface area contributed by atoms with Crippen LogP contribution >= 0.6 is 11.8 Å². The van der Waals surface area contributed by atoms with E-state index in [9.17, 15) is 14.0 Å². The molecular formula is C22H28FN2O5S+. The number of aromatic amines is 1. The van der Waals surface area contributed by atoms with Gasteiger partial charge in [0, 0.05) is 18.2 Å². The molecule has 0 aliphatic carbocycles. The van der Waals surface area contributed by atoms with Gasteiger partial charge in [-0.1, -0.05) is 12.1 Å². The van der Waals surface area contributed by atoms with Crippen molar-refractivity contribution in [2.75, 3.05) is 12.3 Å². The van der Waals surface area contributed by atoms with Crippen LogP contribution in [0.15, 0.2) is 42.7 Å². The molecule has 31 heavy (non-hydrogen) atoms. The standard InChI is InChI=1S/C20H23FN2O3S.C2H4O2/c1-14(2)26-11-16-7-17(9-22-8-16)20(25)23-10-19(24)13-27-12-15-3-5-18(21)6-4-15;1-2(3)4/h3-9,14H,10-13H2,1-2H3,(H,23,25);1H3,(H,3,4)/p+1. The SMILES string of the molecule is CC(=O)O.CC(C)OCc1c[nH+]cc(C(=O)NCC(=O)CSCc2ccc(F)cc2)c1. The molecule has 0 aliphatic heterocycles. The highest BCUT2D eigenvalue weighted by atomic mass is 32.2. The number of carboxylic acid groups (broad SMARTS) is 1. The number of nitrogens with one attached hydrogen (secondary N) is 2.